The van der Waals surface area contributed by atoms with Crippen molar-refractivity contribution in [2.45, 2.75) is 20.4 Å². The third kappa shape index (κ3) is 4.06. The fourth-order valence-electron chi connectivity index (χ4n) is 2.72. The highest BCUT2D eigenvalue weighted by atomic mass is 19.1. The fourth-order valence-corrected chi connectivity index (χ4v) is 2.72. The zero-order chi connectivity index (χ0) is 18.7. The van der Waals surface area contributed by atoms with Crippen LogP contribution in [0.2, 0.25) is 0 Å². The van der Waals surface area contributed by atoms with Gasteiger partial charge < -0.3 is 9.88 Å². The van der Waals surface area contributed by atoms with E-state index in [1.54, 1.807) is 12.1 Å². The molecule has 0 unspecified atom stereocenters. The Balaban J connectivity index is 1.83. The molecule has 1 aromatic heterocycles. The summed E-state index contributed by atoms with van der Waals surface area (Å²) in [4.78, 5) is 24.6. The van der Waals surface area contributed by atoms with Gasteiger partial charge in [0, 0.05) is 18.0 Å². The minimum atomic E-state index is -0.331. The van der Waals surface area contributed by atoms with E-state index in [0.717, 1.165) is 22.4 Å². The summed E-state index contributed by atoms with van der Waals surface area (Å²) in [6.45, 7) is 4.19. The summed E-state index contributed by atoms with van der Waals surface area (Å²) < 4.78 is 14.5. The third-order valence-corrected chi connectivity index (χ3v) is 4.14. The molecule has 5 heteroatoms. The van der Waals surface area contributed by atoms with Crippen LogP contribution in [0.1, 0.15) is 27.0 Å². The summed E-state index contributed by atoms with van der Waals surface area (Å²) in [5.41, 5.74) is 3.76. The van der Waals surface area contributed by atoms with Crippen molar-refractivity contribution in [3.8, 4) is 0 Å². The molecule has 3 aromatic rings. The number of hydrogen-bond acceptors (Lipinski definition) is 2. The van der Waals surface area contributed by atoms with Crippen LogP contribution in [0.25, 0.3) is 0 Å². The summed E-state index contributed by atoms with van der Waals surface area (Å²) in [6.07, 6.45) is 1.52. The van der Waals surface area contributed by atoms with Crippen molar-refractivity contribution in [2.24, 2.45) is 0 Å². The van der Waals surface area contributed by atoms with Gasteiger partial charge in [-0.05, 0) is 49.2 Å². The lowest BCUT2D eigenvalue weighted by atomic mass is 10.1. The molecule has 0 radical (unpaired) electrons. The Labute approximate surface area is 150 Å². The minimum absolute atomic E-state index is 0.225. The first-order chi connectivity index (χ1) is 12.4. The van der Waals surface area contributed by atoms with Gasteiger partial charge in [-0.3, -0.25) is 9.59 Å². The van der Waals surface area contributed by atoms with Crippen LogP contribution in [-0.2, 0) is 6.54 Å². The fraction of sp³-hybridized carbons (Fsp3) is 0.143. The topological polar surface area (TPSA) is 51.1 Å². The average molecular weight is 350 g/mol. The first-order valence-electron chi connectivity index (χ1n) is 8.26. The molecule has 1 amide bonds. The SMILES string of the molecule is Cc1ccc(NC(=O)c2ccc(=O)n(Cc3ccc(F)cc3)c2)c(C)c1. The number of pyridine rings is 1. The Morgan fingerprint density at radius 2 is 1.77 bits per heavy atom. The highest BCUT2D eigenvalue weighted by molar-refractivity contribution is 6.04. The molecule has 0 aliphatic carbocycles. The number of amides is 1. The molecule has 0 fully saturated rings. The Morgan fingerprint density at radius 3 is 2.46 bits per heavy atom. The normalized spacial score (nSPS) is 10.6. The summed E-state index contributed by atoms with van der Waals surface area (Å²) in [5.74, 6) is -0.618. The second kappa shape index (κ2) is 7.35. The molecule has 132 valence electrons. The number of hydrogen-bond donors (Lipinski definition) is 1. The minimum Gasteiger partial charge on any atom is -0.322 e. The van der Waals surface area contributed by atoms with Gasteiger partial charge in [-0.25, -0.2) is 4.39 Å². The maximum absolute atomic E-state index is 13.0. The summed E-state index contributed by atoms with van der Waals surface area (Å²) >= 11 is 0. The second-order valence-corrected chi connectivity index (χ2v) is 6.28. The Morgan fingerprint density at radius 1 is 1.04 bits per heavy atom. The van der Waals surface area contributed by atoms with Gasteiger partial charge in [0.1, 0.15) is 5.82 Å². The van der Waals surface area contributed by atoms with Gasteiger partial charge in [0.15, 0.2) is 0 Å². The Kier molecular flexibility index (Phi) is 4.98. The van der Waals surface area contributed by atoms with Crippen LogP contribution >= 0.6 is 0 Å². The summed E-state index contributed by atoms with van der Waals surface area (Å²) in [6, 6.07) is 14.6. The predicted octanol–water partition coefficient (Wildman–Crippen LogP) is 3.90. The molecule has 0 spiro atoms. The second-order valence-electron chi connectivity index (χ2n) is 6.28. The van der Waals surface area contributed by atoms with Crippen molar-refractivity contribution in [3.63, 3.8) is 0 Å². The maximum atomic E-state index is 13.0. The molecule has 4 nitrogen and oxygen atoms in total. The van der Waals surface area contributed by atoms with Crippen LogP contribution in [0.5, 0.6) is 0 Å². The van der Waals surface area contributed by atoms with E-state index < -0.39 is 0 Å². The van der Waals surface area contributed by atoms with Crippen molar-refractivity contribution in [2.75, 3.05) is 5.32 Å². The first-order valence-corrected chi connectivity index (χ1v) is 8.26. The summed E-state index contributed by atoms with van der Waals surface area (Å²) in [7, 11) is 0. The summed E-state index contributed by atoms with van der Waals surface area (Å²) in [5, 5.41) is 2.87. The number of anilines is 1. The number of aromatic nitrogens is 1. The highest BCUT2D eigenvalue weighted by Crippen LogP contribution is 2.17. The van der Waals surface area contributed by atoms with E-state index in [-0.39, 0.29) is 23.8 Å². The quantitative estimate of drug-likeness (QED) is 0.776. The molecule has 1 N–H and O–H groups in total. The number of aryl methyl sites for hydroxylation is 2. The zero-order valence-electron chi connectivity index (χ0n) is 14.6. The molecule has 0 saturated carbocycles. The van der Waals surface area contributed by atoms with Gasteiger partial charge >= 0.3 is 0 Å². The lowest BCUT2D eigenvalue weighted by Gasteiger charge is -2.11. The van der Waals surface area contributed by atoms with Crippen LogP contribution in [-0.4, -0.2) is 10.5 Å². The molecule has 0 atom stereocenters. The predicted molar refractivity (Wildman–Crippen MR) is 100 cm³/mol. The monoisotopic (exact) mass is 350 g/mol. The number of halogens is 1. The molecular formula is C21H19FN2O2. The molecule has 2 aromatic carbocycles. The standard InChI is InChI=1S/C21H19FN2O2/c1-14-3-9-19(15(2)11-14)23-21(26)17-6-10-20(25)24(13-17)12-16-4-7-18(22)8-5-16/h3-11,13H,12H2,1-2H3,(H,23,26). The maximum Gasteiger partial charge on any atom is 0.257 e. The molecule has 26 heavy (non-hydrogen) atoms. The Bertz CT molecular complexity index is 1010. The highest BCUT2D eigenvalue weighted by Gasteiger charge is 2.10. The number of carbonyl (C=O) groups is 1. The number of nitrogens with one attached hydrogen (secondary N) is 1. The molecule has 3 rings (SSSR count). The number of carbonyl (C=O) groups excluding carboxylic acids is 1. The number of benzene rings is 2. The van der Waals surface area contributed by atoms with E-state index in [1.807, 2.05) is 32.0 Å². The van der Waals surface area contributed by atoms with E-state index in [1.165, 1.54) is 35.0 Å². The van der Waals surface area contributed by atoms with Crippen LogP contribution in [0, 0.1) is 19.7 Å². The van der Waals surface area contributed by atoms with Crippen LogP contribution in [0.3, 0.4) is 0 Å². The van der Waals surface area contributed by atoms with Gasteiger partial charge in [0.25, 0.3) is 11.5 Å². The zero-order valence-corrected chi connectivity index (χ0v) is 14.6. The van der Waals surface area contributed by atoms with Crippen LogP contribution < -0.4 is 10.9 Å². The van der Waals surface area contributed by atoms with E-state index in [9.17, 15) is 14.0 Å². The largest absolute Gasteiger partial charge is 0.322 e. The van der Waals surface area contributed by atoms with Gasteiger partial charge in [0.05, 0.1) is 12.1 Å². The molecule has 0 aliphatic heterocycles. The molecule has 0 aliphatic rings. The van der Waals surface area contributed by atoms with Crippen LogP contribution in [0.15, 0.2) is 65.6 Å². The van der Waals surface area contributed by atoms with Gasteiger partial charge in [-0.15, -0.1) is 0 Å². The number of rotatable bonds is 4. The molecule has 0 saturated heterocycles. The van der Waals surface area contributed by atoms with Crippen molar-refractivity contribution < 1.29 is 9.18 Å². The lowest BCUT2D eigenvalue weighted by Crippen LogP contribution is -2.22. The van der Waals surface area contributed by atoms with Crippen molar-refractivity contribution in [1.82, 2.24) is 4.57 Å². The van der Waals surface area contributed by atoms with Gasteiger partial charge in [-0.2, -0.15) is 0 Å². The van der Waals surface area contributed by atoms with Gasteiger partial charge in [-0.1, -0.05) is 29.8 Å². The average Bonchev–Trinajstić information content (AvgIpc) is 2.61. The van der Waals surface area contributed by atoms with Crippen LogP contribution in [0.4, 0.5) is 10.1 Å². The Hall–Kier alpha value is -3.21. The number of nitrogens with zero attached hydrogens (tertiary/aromatic N) is 1. The lowest BCUT2D eigenvalue weighted by molar-refractivity contribution is 0.102. The van der Waals surface area contributed by atoms with Crippen molar-refractivity contribution in [3.05, 3.63) is 99.2 Å². The first kappa shape index (κ1) is 17.6. The van der Waals surface area contributed by atoms with E-state index in [2.05, 4.69) is 5.32 Å². The molecule has 0 bridgehead atoms. The van der Waals surface area contributed by atoms with Crippen molar-refractivity contribution in [1.29, 1.82) is 0 Å². The van der Waals surface area contributed by atoms with Gasteiger partial charge in [0.2, 0.25) is 0 Å². The molecular weight excluding hydrogens is 331 g/mol. The van der Waals surface area contributed by atoms with E-state index >= 15 is 0 Å². The van der Waals surface area contributed by atoms with Crippen molar-refractivity contribution >= 4 is 11.6 Å². The van der Waals surface area contributed by atoms with E-state index in [4.69, 9.17) is 0 Å². The third-order valence-electron chi connectivity index (χ3n) is 4.14. The van der Waals surface area contributed by atoms with E-state index in [0.29, 0.717) is 5.56 Å². The smallest absolute Gasteiger partial charge is 0.257 e. The molecule has 1 heterocycles.